The van der Waals surface area contributed by atoms with Crippen LogP contribution in [0.1, 0.15) is 33.1 Å². The van der Waals surface area contributed by atoms with Gasteiger partial charge >= 0.3 is 0 Å². The number of Topliss-reactive ketones (excluding diaryl/α,β-unsaturated/α-hetero) is 1. The molecule has 13 heavy (non-hydrogen) atoms. The molecule has 3 heteroatoms. The first-order valence-corrected chi connectivity index (χ1v) is 5.10. The molecule has 3 nitrogen and oxygen atoms in total. The molecule has 0 aromatic heterocycles. The number of nitrogens with zero attached hydrogens (tertiary/aromatic N) is 1. The number of aliphatic hydroxyl groups excluding tert-OH is 1. The molecule has 0 saturated carbocycles. The molecule has 1 atom stereocenters. The second kappa shape index (κ2) is 4.72. The number of carbonyl (C=O) groups is 1. The predicted octanol–water partition coefficient (Wildman–Crippen LogP) is 0.811. The van der Waals surface area contributed by atoms with Gasteiger partial charge in [0.25, 0.3) is 0 Å². The monoisotopic (exact) mass is 185 g/mol. The van der Waals surface area contributed by atoms with Crippen molar-refractivity contribution in [1.82, 2.24) is 4.90 Å². The molecule has 0 amide bonds. The molecule has 0 spiro atoms. The summed E-state index contributed by atoms with van der Waals surface area (Å²) in [5.74, 6) is 0.302. The number of likely N-dealkylation sites (tertiary alicyclic amines) is 1. The molecule has 76 valence electrons. The van der Waals surface area contributed by atoms with Crippen molar-refractivity contribution in [2.75, 3.05) is 13.1 Å². The minimum atomic E-state index is -0.153. The van der Waals surface area contributed by atoms with Gasteiger partial charge in [0.05, 0.1) is 12.1 Å². The van der Waals surface area contributed by atoms with E-state index < -0.39 is 0 Å². The van der Waals surface area contributed by atoms with E-state index >= 15 is 0 Å². The average Bonchev–Trinajstić information content (AvgIpc) is 2.17. The van der Waals surface area contributed by atoms with Crippen molar-refractivity contribution in [2.24, 2.45) is 0 Å². The van der Waals surface area contributed by atoms with Crippen molar-refractivity contribution in [1.29, 1.82) is 0 Å². The minimum Gasteiger partial charge on any atom is -0.393 e. The molecule has 1 heterocycles. The van der Waals surface area contributed by atoms with Gasteiger partial charge in [0.15, 0.2) is 0 Å². The maximum absolute atomic E-state index is 11.4. The van der Waals surface area contributed by atoms with E-state index in [9.17, 15) is 9.90 Å². The zero-order valence-corrected chi connectivity index (χ0v) is 8.49. The Balaban J connectivity index is 2.39. The molecule has 0 aliphatic carbocycles. The normalized spacial score (nSPS) is 23.0. The van der Waals surface area contributed by atoms with E-state index in [1.807, 2.05) is 13.8 Å². The van der Waals surface area contributed by atoms with Crippen LogP contribution in [-0.4, -0.2) is 41.0 Å². The summed E-state index contributed by atoms with van der Waals surface area (Å²) in [7, 11) is 0. The number of hydrogen-bond acceptors (Lipinski definition) is 3. The van der Waals surface area contributed by atoms with Gasteiger partial charge in [0.2, 0.25) is 0 Å². The Morgan fingerprint density at radius 2 is 2.08 bits per heavy atom. The highest BCUT2D eigenvalue weighted by molar-refractivity contribution is 5.83. The summed E-state index contributed by atoms with van der Waals surface area (Å²) in [5.41, 5.74) is 0. The maximum Gasteiger partial charge on any atom is 0.149 e. The smallest absolute Gasteiger partial charge is 0.149 e. The van der Waals surface area contributed by atoms with Crippen LogP contribution in [0.3, 0.4) is 0 Å². The van der Waals surface area contributed by atoms with Crippen LogP contribution in [0.4, 0.5) is 0 Å². The third-order valence-corrected chi connectivity index (χ3v) is 2.86. The Morgan fingerprint density at radius 3 is 2.54 bits per heavy atom. The van der Waals surface area contributed by atoms with Crippen LogP contribution in [0.25, 0.3) is 0 Å². The van der Waals surface area contributed by atoms with E-state index in [1.165, 1.54) is 0 Å². The van der Waals surface area contributed by atoms with E-state index in [1.54, 1.807) is 0 Å². The third-order valence-electron chi connectivity index (χ3n) is 2.86. The Bertz CT molecular complexity index is 174. The summed E-state index contributed by atoms with van der Waals surface area (Å²) < 4.78 is 0. The molecule has 0 bridgehead atoms. The lowest BCUT2D eigenvalue weighted by atomic mass is 10.0. The maximum atomic E-state index is 11.4. The number of ketones is 1. The van der Waals surface area contributed by atoms with Crippen molar-refractivity contribution >= 4 is 5.78 Å². The van der Waals surface area contributed by atoms with Crippen LogP contribution in [0.5, 0.6) is 0 Å². The molecule has 1 fully saturated rings. The zero-order chi connectivity index (χ0) is 9.84. The quantitative estimate of drug-likeness (QED) is 0.707. The highest BCUT2D eigenvalue weighted by atomic mass is 16.3. The molecule has 1 rings (SSSR count). The van der Waals surface area contributed by atoms with Gasteiger partial charge in [-0.25, -0.2) is 0 Å². The second-order valence-electron chi connectivity index (χ2n) is 3.76. The predicted molar refractivity (Wildman–Crippen MR) is 51.6 cm³/mol. The second-order valence-corrected chi connectivity index (χ2v) is 3.76. The average molecular weight is 185 g/mol. The van der Waals surface area contributed by atoms with Gasteiger partial charge in [-0.05, 0) is 19.8 Å². The van der Waals surface area contributed by atoms with Gasteiger partial charge in [0.1, 0.15) is 5.78 Å². The van der Waals surface area contributed by atoms with Crippen molar-refractivity contribution < 1.29 is 9.90 Å². The van der Waals surface area contributed by atoms with Crippen LogP contribution < -0.4 is 0 Å². The fourth-order valence-electron chi connectivity index (χ4n) is 1.77. The Kier molecular flexibility index (Phi) is 3.88. The number of rotatable bonds is 3. The Morgan fingerprint density at radius 1 is 1.54 bits per heavy atom. The van der Waals surface area contributed by atoms with Crippen LogP contribution in [0.15, 0.2) is 0 Å². The summed E-state index contributed by atoms with van der Waals surface area (Å²) in [6, 6.07) is 0.0394. The molecule has 1 aliphatic rings. The van der Waals surface area contributed by atoms with Crippen LogP contribution in [0, 0.1) is 0 Å². The van der Waals surface area contributed by atoms with Gasteiger partial charge in [-0.15, -0.1) is 0 Å². The Labute approximate surface area is 79.7 Å². The first-order chi connectivity index (χ1) is 6.15. The number of hydrogen-bond donors (Lipinski definition) is 1. The van der Waals surface area contributed by atoms with Gasteiger partial charge in [-0.2, -0.15) is 0 Å². The molecule has 0 unspecified atom stereocenters. The summed E-state index contributed by atoms with van der Waals surface area (Å²) in [6.45, 7) is 5.57. The lowest BCUT2D eigenvalue weighted by Crippen LogP contribution is -2.44. The number of piperidine rings is 1. The molecular formula is C10H19NO2. The lowest BCUT2D eigenvalue weighted by Gasteiger charge is -2.33. The van der Waals surface area contributed by atoms with Crippen LogP contribution >= 0.6 is 0 Å². The van der Waals surface area contributed by atoms with E-state index in [4.69, 9.17) is 0 Å². The van der Waals surface area contributed by atoms with E-state index in [0.29, 0.717) is 12.2 Å². The molecule has 1 N–H and O–H groups in total. The third kappa shape index (κ3) is 2.78. The molecular weight excluding hydrogens is 166 g/mol. The molecule has 0 radical (unpaired) electrons. The van der Waals surface area contributed by atoms with E-state index in [0.717, 1.165) is 25.9 Å². The van der Waals surface area contributed by atoms with Gasteiger partial charge in [-0.1, -0.05) is 6.92 Å². The first kappa shape index (κ1) is 10.7. The van der Waals surface area contributed by atoms with Crippen molar-refractivity contribution in [3.8, 4) is 0 Å². The Hall–Kier alpha value is -0.410. The molecule has 1 aliphatic heterocycles. The fourth-order valence-corrected chi connectivity index (χ4v) is 1.77. The molecule has 0 aromatic rings. The van der Waals surface area contributed by atoms with Crippen molar-refractivity contribution in [3.05, 3.63) is 0 Å². The van der Waals surface area contributed by atoms with Crippen molar-refractivity contribution in [2.45, 2.75) is 45.3 Å². The topological polar surface area (TPSA) is 40.5 Å². The lowest BCUT2D eigenvalue weighted by molar-refractivity contribution is -0.124. The minimum absolute atomic E-state index is 0.0394. The summed E-state index contributed by atoms with van der Waals surface area (Å²) in [4.78, 5) is 13.6. The number of aliphatic hydroxyl groups is 1. The summed E-state index contributed by atoms with van der Waals surface area (Å²) in [5, 5.41) is 9.29. The SMILES string of the molecule is CCC(=O)[C@@H](C)N1CCC(O)CC1. The zero-order valence-electron chi connectivity index (χ0n) is 8.49. The van der Waals surface area contributed by atoms with Gasteiger partial charge < -0.3 is 5.11 Å². The van der Waals surface area contributed by atoms with Gasteiger partial charge in [-0.3, -0.25) is 9.69 Å². The van der Waals surface area contributed by atoms with E-state index in [2.05, 4.69) is 4.90 Å². The number of carbonyl (C=O) groups excluding carboxylic acids is 1. The van der Waals surface area contributed by atoms with Crippen molar-refractivity contribution in [3.63, 3.8) is 0 Å². The largest absolute Gasteiger partial charge is 0.393 e. The first-order valence-electron chi connectivity index (χ1n) is 5.10. The summed E-state index contributed by atoms with van der Waals surface area (Å²) >= 11 is 0. The van der Waals surface area contributed by atoms with Crippen LogP contribution in [-0.2, 0) is 4.79 Å². The summed E-state index contributed by atoms with van der Waals surface area (Å²) in [6.07, 6.45) is 2.07. The van der Waals surface area contributed by atoms with Gasteiger partial charge in [0, 0.05) is 19.5 Å². The highest BCUT2D eigenvalue weighted by Gasteiger charge is 2.24. The molecule has 0 aromatic carbocycles. The standard InChI is InChI=1S/C10H19NO2/c1-3-10(13)8(2)11-6-4-9(12)5-7-11/h8-9,12H,3-7H2,1-2H3/t8-/m1/s1. The fraction of sp³-hybridized carbons (Fsp3) is 0.900. The molecule has 1 saturated heterocycles. The van der Waals surface area contributed by atoms with Crippen LogP contribution in [0.2, 0.25) is 0 Å². The van der Waals surface area contributed by atoms with E-state index in [-0.39, 0.29) is 12.1 Å². The highest BCUT2D eigenvalue weighted by Crippen LogP contribution is 2.13.